The van der Waals surface area contributed by atoms with Crippen molar-refractivity contribution in [3.05, 3.63) is 59.1 Å². The van der Waals surface area contributed by atoms with E-state index in [1.165, 1.54) is 22.6 Å². The topological polar surface area (TPSA) is 88.7 Å². The first-order valence-corrected chi connectivity index (χ1v) is 12.9. The van der Waals surface area contributed by atoms with Gasteiger partial charge in [-0.15, -0.1) is 0 Å². The lowest BCUT2D eigenvalue weighted by molar-refractivity contribution is -0.156. The number of ether oxygens (including phenoxy) is 1. The number of nitrogens with zero attached hydrogens (tertiary/aromatic N) is 1. The molecule has 0 aromatic carbocycles. The van der Waals surface area contributed by atoms with Crippen LogP contribution in [0.15, 0.2) is 64.1 Å². The van der Waals surface area contributed by atoms with Crippen molar-refractivity contribution in [2.75, 3.05) is 6.54 Å². The van der Waals surface area contributed by atoms with Crippen LogP contribution in [-0.4, -0.2) is 35.9 Å². The van der Waals surface area contributed by atoms with Gasteiger partial charge in [-0.2, -0.15) is 0 Å². The van der Waals surface area contributed by atoms with Gasteiger partial charge in [-0.25, -0.2) is 0 Å². The van der Waals surface area contributed by atoms with Gasteiger partial charge in [-0.05, 0) is 88.6 Å². The molecule has 1 fully saturated rings. The van der Waals surface area contributed by atoms with Crippen LogP contribution >= 0.6 is 0 Å². The molecule has 3 heterocycles. The van der Waals surface area contributed by atoms with Crippen LogP contribution in [0.2, 0.25) is 0 Å². The number of aliphatic imine (C=N–C) groups is 1. The van der Waals surface area contributed by atoms with Crippen LogP contribution in [0.4, 0.5) is 0 Å². The van der Waals surface area contributed by atoms with Crippen LogP contribution in [0.3, 0.4) is 0 Å². The summed E-state index contributed by atoms with van der Waals surface area (Å²) in [5.74, 6) is -0.00367. The molecule has 0 aromatic rings. The molecule has 0 amide bonds. The number of rotatable bonds is 4. The third kappa shape index (κ3) is 5.07. The van der Waals surface area contributed by atoms with Crippen molar-refractivity contribution in [2.45, 2.75) is 82.9 Å². The zero-order valence-corrected chi connectivity index (χ0v) is 20.5. The van der Waals surface area contributed by atoms with E-state index < -0.39 is 0 Å². The Kier molecular flexibility index (Phi) is 6.52. The fraction of sp³-hybridized carbons (Fsp3) is 0.571. The monoisotopic (exact) mass is 462 g/mol. The molecule has 0 radical (unpaired) electrons. The SMILES string of the molecule is CC1C=CC=C(C2=C(C3=CC4CC(C(=O)OC5CCC(C)(N)CC5)CN=C4CC3)CC=CN2)N1. The molecule has 3 atom stereocenters. The van der Waals surface area contributed by atoms with Gasteiger partial charge < -0.3 is 21.1 Å². The number of esters is 1. The predicted octanol–water partition coefficient (Wildman–Crippen LogP) is 4.18. The number of allylic oxidation sites excluding steroid dienone is 6. The van der Waals surface area contributed by atoms with E-state index in [1.807, 2.05) is 6.20 Å². The second-order valence-electron chi connectivity index (χ2n) is 10.9. The van der Waals surface area contributed by atoms with E-state index >= 15 is 0 Å². The zero-order chi connectivity index (χ0) is 23.7. The summed E-state index contributed by atoms with van der Waals surface area (Å²) in [7, 11) is 0. The Morgan fingerprint density at radius 3 is 2.88 bits per heavy atom. The highest BCUT2D eigenvalue weighted by Crippen LogP contribution is 2.37. The second-order valence-corrected chi connectivity index (χ2v) is 10.9. The summed E-state index contributed by atoms with van der Waals surface area (Å²) in [5.41, 5.74) is 12.4. The van der Waals surface area contributed by atoms with Crippen molar-refractivity contribution in [2.24, 2.45) is 22.6 Å². The van der Waals surface area contributed by atoms with Gasteiger partial charge in [0.25, 0.3) is 0 Å². The van der Waals surface area contributed by atoms with Gasteiger partial charge >= 0.3 is 5.97 Å². The molecule has 0 bridgehead atoms. The summed E-state index contributed by atoms with van der Waals surface area (Å²) < 4.78 is 5.92. The van der Waals surface area contributed by atoms with Gasteiger partial charge in [0.05, 0.1) is 23.9 Å². The second kappa shape index (κ2) is 9.57. The van der Waals surface area contributed by atoms with Gasteiger partial charge in [0, 0.05) is 23.2 Å². The van der Waals surface area contributed by atoms with Crippen LogP contribution < -0.4 is 16.4 Å². The maximum Gasteiger partial charge on any atom is 0.311 e. The van der Waals surface area contributed by atoms with Crippen LogP contribution in [0.1, 0.15) is 65.2 Å². The van der Waals surface area contributed by atoms with E-state index in [-0.39, 0.29) is 29.4 Å². The van der Waals surface area contributed by atoms with Crippen molar-refractivity contribution in [3.63, 3.8) is 0 Å². The first kappa shape index (κ1) is 23.2. The lowest BCUT2D eigenvalue weighted by Gasteiger charge is -2.35. The molecule has 0 saturated heterocycles. The maximum atomic E-state index is 13.0. The third-order valence-corrected chi connectivity index (χ3v) is 7.90. The van der Waals surface area contributed by atoms with E-state index in [9.17, 15) is 4.79 Å². The molecule has 5 aliphatic rings. The average Bonchev–Trinajstić information content (AvgIpc) is 2.84. The molecule has 5 rings (SSSR count). The Labute approximate surface area is 203 Å². The summed E-state index contributed by atoms with van der Waals surface area (Å²) in [6.07, 6.45) is 20.3. The Bertz CT molecular complexity index is 1000. The van der Waals surface area contributed by atoms with Crippen LogP contribution in [0, 0.1) is 11.8 Å². The van der Waals surface area contributed by atoms with Crippen LogP contribution in [0.25, 0.3) is 0 Å². The molecule has 34 heavy (non-hydrogen) atoms. The number of dihydropyridines is 2. The van der Waals surface area contributed by atoms with Crippen molar-refractivity contribution < 1.29 is 9.53 Å². The normalized spacial score (nSPS) is 35.3. The number of hydrogen-bond acceptors (Lipinski definition) is 6. The zero-order valence-electron chi connectivity index (χ0n) is 20.5. The maximum absolute atomic E-state index is 13.0. The minimum absolute atomic E-state index is 0.00693. The van der Waals surface area contributed by atoms with Crippen molar-refractivity contribution in [1.82, 2.24) is 10.6 Å². The Morgan fingerprint density at radius 1 is 1.26 bits per heavy atom. The lowest BCUT2D eigenvalue weighted by atomic mass is 9.77. The molecule has 182 valence electrons. The molecule has 1 saturated carbocycles. The highest BCUT2D eigenvalue weighted by Gasteiger charge is 2.35. The number of carbonyl (C=O) groups is 1. The van der Waals surface area contributed by atoms with E-state index in [0.29, 0.717) is 12.6 Å². The standard InChI is InChI=1S/C28H38N4O2/c1-18-5-3-7-25(32-18)26-23(6-4-14-30-26)19-8-9-24-20(15-19)16-21(17-31-24)27(33)34-22-10-12-28(2,29)13-11-22/h3-5,7,14-15,18,20-22,30,32H,6,8-13,16-17,29H2,1-2H3. The molecule has 6 nitrogen and oxygen atoms in total. The quantitative estimate of drug-likeness (QED) is 0.546. The largest absolute Gasteiger partial charge is 0.462 e. The fourth-order valence-corrected chi connectivity index (χ4v) is 5.79. The van der Waals surface area contributed by atoms with Gasteiger partial charge in [-0.1, -0.05) is 24.3 Å². The first-order chi connectivity index (χ1) is 16.4. The van der Waals surface area contributed by atoms with Crippen molar-refractivity contribution >= 4 is 11.7 Å². The third-order valence-electron chi connectivity index (χ3n) is 7.90. The van der Waals surface area contributed by atoms with E-state index in [2.05, 4.69) is 54.9 Å². The van der Waals surface area contributed by atoms with Crippen LogP contribution in [0.5, 0.6) is 0 Å². The van der Waals surface area contributed by atoms with Crippen molar-refractivity contribution in [1.29, 1.82) is 0 Å². The minimum Gasteiger partial charge on any atom is -0.462 e. The number of nitrogens with two attached hydrogens (primary N) is 1. The molecule has 0 spiro atoms. The Hall–Kier alpha value is -2.60. The average molecular weight is 463 g/mol. The first-order valence-electron chi connectivity index (χ1n) is 12.9. The molecular weight excluding hydrogens is 424 g/mol. The van der Waals surface area contributed by atoms with Crippen LogP contribution in [-0.2, 0) is 9.53 Å². The molecule has 3 aliphatic heterocycles. The molecule has 2 aliphatic carbocycles. The highest BCUT2D eigenvalue weighted by molar-refractivity contribution is 5.92. The number of carbonyl (C=O) groups excluding carboxylic acids is 1. The number of hydrogen-bond donors (Lipinski definition) is 3. The number of fused-ring (bicyclic) bond motifs is 1. The van der Waals surface area contributed by atoms with Crippen molar-refractivity contribution in [3.8, 4) is 0 Å². The van der Waals surface area contributed by atoms with Gasteiger partial charge in [0.2, 0.25) is 0 Å². The molecule has 0 aromatic heterocycles. The lowest BCUT2D eigenvalue weighted by Crippen LogP contribution is -2.43. The summed E-state index contributed by atoms with van der Waals surface area (Å²) in [5, 5.41) is 7.06. The molecular formula is C28H38N4O2. The highest BCUT2D eigenvalue weighted by atomic mass is 16.5. The fourth-order valence-electron chi connectivity index (χ4n) is 5.79. The summed E-state index contributed by atoms with van der Waals surface area (Å²) in [6, 6.07) is 0.313. The predicted molar refractivity (Wildman–Crippen MR) is 136 cm³/mol. The number of nitrogens with one attached hydrogen (secondary N) is 2. The molecule has 3 unspecified atom stereocenters. The van der Waals surface area contributed by atoms with Gasteiger partial charge in [0.1, 0.15) is 6.10 Å². The smallest absolute Gasteiger partial charge is 0.311 e. The summed E-state index contributed by atoms with van der Waals surface area (Å²) in [6.45, 7) is 4.81. The van der Waals surface area contributed by atoms with E-state index in [4.69, 9.17) is 15.5 Å². The molecule has 6 heteroatoms. The minimum atomic E-state index is -0.151. The van der Waals surface area contributed by atoms with Gasteiger partial charge in [0.15, 0.2) is 0 Å². The van der Waals surface area contributed by atoms with Gasteiger partial charge in [-0.3, -0.25) is 9.79 Å². The van der Waals surface area contributed by atoms with E-state index in [1.54, 1.807) is 0 Å². The van der Waals surface area contributed by atoms with E-state index in [0.717, 1.165) is 57.1 Å². The molecule has 4 N–H and O–H groups in total. The summed E-state index contributed by atoms with van der Waals surface area (Å²) in [4.78, 5) is 17.8. The summed E-state index contributed by atoms with van der Waals surface area (Å²) >= 11 is 0. The Morgan fingerprint density at radius 2 is 2.09 bits per heavy atom. The Balaban J connectivity index is 1.29.